The van der Waals surface area contributed by atoms with Gasteiger partial charge in [0.1, 0.15) is 24.7 Å². The molecule has 0 aliphatic carbocycles. The summed E-state index contributed by atoms with van der Waals surface area (Å²) in [4.78, 5) is 26.5. The number of hydrogen-bond acceptors (Lipinski definition) is 4. The fourth-order valence-electron chi connectivity index (χ4n) is 4.43. The van der Waals surface area contributed by atoms with Crippen LogP contribution in [-0.2, 0) is 31.0 Å². The summed E-state index contributed by atoms with van der Waals surface area (Å²) in [6.45, 7) is 3.35. The first-order valence-corrected chi connectivity index (χ1v) is 14.1. The quantitative estimate of drug-likeness (QED) is 0.168. The second-order valence-electron chi connectivity index (χ2n) is 10.0. The van der Waals surface area contributed by atoms with E-state index in [9.17, 15) is 14.7 Å². The van der Waals surface area contributed by atoms with Gasteiger partial charge in [0.05, 0.1) is 6.42 Å². The van der Waals surface area contributed by atoms with Crippen molar-refractivity contribution >= 4 is 11.9 Å². The largest absolute Gasteiger partial charge is 0.489 e. The van der Waals surface area contributed by atoms with Gasteiger partial charge in [-0.1, -0.05) is 86.1 Å². The minimum atomic E-state index is -0.958. The smallest absolute Gasteiger partial charge is 0.305 e. The summed E-state index contributed by atoms with van der Waals surface area (Å²) in [7, 11) is 0. The molecule has 0 spiro atoms. The first-order chi connectivity index (χ1) is 20.0. The van der Waals surface area contributed by atoms with Crippen molar-refractivity contribution < 1.29 is 24.2 Å². The van der Waals surface area contributed by atoms with E-state index in [1.807, 2.05) is 60.7 Å². The molecule has 0 aliphatic heterocycles. The number of carboxylic acids is 1. The van der Waals surface area contributed by atoms with E-state index < -0.39 is 5.97 Å². The van der Waals surface area contributed by atoms with E-state index >= 15 is 0 Å². The summed E-state index contributed by atoms with van der Waals surface area (Å²) in [5.74, 6) is 0.0549. The molecule has 4 aromatic carbocycles. The van der Waals surface area contributed by atoms with E-state index in [-0.39, 0.29) is 25.4 Å². The van der Waals surface area contributed by atoms with Crippen molar-refractivity contribution in [3.05, 3.63) is 131 Å². The van der Waals surface area contributed by atoms with Crippen molar-refractivity contribution in [3.8, 4) is 11.5 Å². The average molecular weight is 552 g/mol. The highest BCUT2D eigenvalue weighted by atomic mass is 16.5. The van der Waals surface area contributed by atoms with E-state index in [1.54, 1.807) is 23.1 Å². The van der Waals surface area contributed by atoms with Gasteiger partial charge in [-0.2, -0.15) is 0 Å². The minimum Gasteiger partial charge on any atom is -0.489 e. The minimum absolute atomic E-state index is 0.0821. The molecule has 0 fully saturated rings. The maximum atomic E-state index is 13.6. The third kappa shape index (κ3) is 9.53. The number of carboxylic acid groups (broad SMARTS) is 1. The van der Waals surface area contributed by atoms with Crippen molar-refractivity contribution in [2.45, 2.75) is 52.4 Å². The normalized spacial score (nSPS) is 10.7. The predicted octanol–water partition coefficient (Wildman–Crippen LogP) is 7.30. The lowest BCUT2D eigenvalue weighted by molar-refractivity contribution is -0.137. The van der Waals surface area contributed by atoms with Gasteiger partial charge in [-0.25, -0.2) is 0 Å². The van der Waals surface area contributed by atoms with Crippen LogP contribution >= 0.6 is 0 Å². The average Bonchev–Trinajstić information content (AvgIpc) is 3.01. The van der Waals surface area contributed by atoms with E-state index in [4.69, 9.17) is 9.47 Å². The summed E-state index contributed by atoms with van der Waals surface area (Å²) in [5, 5.41) is 9.31. The number of amides is 1. The summed E-state index contributed by atoms with van der Waals surface area (Å²) in [6.07, 6.45) is 3.27. The summed E-state index contributed by atoms with van der Waals surface area (Å²) in [5.41, 5.74) is 4.72. The zero-order chi connectivity index (χ0) is 28.9. The van der Waals surface area contributed by atoms with Crippen molar-refractivity contribution in [1.82, 2.24) is 4.90 Å². The van der Waals surface area contributed by atoms with Crippen LogP contribution in [0.5, 0.6) is 11.5 Å². The number of hydrogen-bond donors (Lipinski definition) is 1. The van der Waals surface area contributed by atoms with Crippen LogP contribution in [0.1, 0.15) is 58.8 Å². The second-order valence-corrected chi connectivity index (χ2v) is 10.0. The fraction of sp³-hybridized carbons (Fsp3) is 0.257. The van der Waals surface area contributed by atoms with E-state index in [0.717, 1.165) is 23.1 Å². The highest BCUT2D eigenvalue weighted by Gasteiger charge is 2.18. The molecule has 0 saturated carbocycles. The molecule has 212 valence electrons. The molecular weight excluding hydrogens is 514 g/mol. The molecule has 0 bridgehead atoms. The van der Waals surface area contributed by atoms with Gasteiger partial charge in [0.2, 0.25) is 0 Å². The van der Waals surface area contributed by atoms with Gasteiger partial charge in [0.25, 0.3) is 5.91 Å². The molecule has 1 amide bonds. The molecule has 0 aliphatic rings. The molecule has 6 heteroatoms. The lowest BCUT2D eigenvalue weighted by Gasteiger charge is -2.23. The monoisotopic (exact) mass is 551 g/mol. The number of nitrogens with zero attached hydrogens (tertiary/aromatic N) is 1. The van der Waals surface area contributed by atoms with Crippen LogP contribution in [0.3, 0.4) is 0 Å². The number of aliphatic carboxylic acids is 1. The molecule has 0 unspecified atom stereocenters. The molecule has 0 aromatic heterocycles. The zero-order valence-corrected chi connectivity index (χ0v) is 23.5. The van der Waals surface area contributed by atoms with E-state index in [2.05, 4.69) is 31.2 Å². The Morgan fingerprint density at radius 1 is 0.707 bits per heavy atom. The molecule has 41 heavy (non-hydrogen) atoms. The van der Waals surface area contributed by atoms with Crippen molar-refractivity contribution in [1.29, 1.82) is 0 Å². The van der Waals surface area contributed by atoms with E-state index in [0.29, 0.717) is 30.3 Å². The third-order valence-corrected chi connectivity index (χ3v) is 6.73. The van der Waals surface area contributed by atoms with Crippen LogP contribution in [-0.4, -0.2) is 28.4 Å². The van der Waals surface area contributed by atoms with Crippen molar-refractivity contribution in [2.75, 3.05) is 6.54 Å². The van der Waals surface area contributed by atoms with Crippen LogP contribution in [0.25, 0.3) is 0 Å². The third-order valence-electron chi connectivity index (χ3n) is 6.73. The van der Waals surface area contributed by atoms with Crippen LogP contribution in [0.2, 0.25) is 0 Å². The Labute approximate surface area is 242 Å². The molecule has 4 aromatic rings. The maximum Gasteiger partial charge on any atom is 0.305 e. The first-order valence-electron chi connectivity index (χ1n) is 14.1. The summed E-state index contributed by atoms with van der Waals surface area (Å²) < 4.78 is 11.9. The highest BCUT2D eigenvalue weighted by Crippen LogP contribution is 2.21. The zero-order valence-electron chi connectivity index (χ0n) is 23.5. The Balaban J connectivity index is 1.41. The van der Waals surface area contributed by atoms with Crippen LogP contribution < -0.4 is 9.47 Å². The van der Waals surface area contributed by atoms with Crippen LogP contribution in [0, 0.1) is 0 Å². The first kappa shape index (κ1) is 29.4. The Kier molecular flexibility index (Phi) is 11.0. The van der Waals surface area contributed by atoms with Gasteiger partial charge < -0.3 is 19.5 Å². The number of benzene rings is 4. The van der Waals surface area contributed by atoms with Gasteiger partial charge in [-0.05, 0) is 65.4 Å². The molecule has 6 nitrogen and oxygen atoms in total. The molecule has 0 saturated heterocycles. The molecule has 1 N–H and O–H groups in total. The number of aryl methyl sites for hydroxylation is 1. The van der Waals surface area contributed by atoms with Gasteiger partial charge in [-0.15, -0.1) is 0 Å². The fourth-order valence-corrected chi connectivity index (χ4v) is 4.43. The lowest BCUT2D eigenvalue weighted by atomic mass is 10.1. The number of unbranched alkanes of at least 4 members (excludes halogenated alkanes) is 1. The maximum absolute atomic E-state index is 13.6. The summed E-state index contributed by atoms with van der Waals surface area (Å²) in [6, 6.07) is 32.9. The number of carbonyl (C=O) groups excluding carboxylic acids is 1. The standard InChI is InChI=1S/C35H37NO5/c1-2-3-9-27-16-18-29(19-17-27)26-41-33-15-8-13-31(23-33)35(39)36(21-20-34(37)38)24-30-12-7-14-32(22-30)40-25-28-10-5-4-6-11-28/h4-8,10-19,22-23H,2-3,9,20-21,24-26H2,1H3,(H,37,38). The predicted molar refractivity (Wildman–Crippen MR) is 160 cm³/mol. The lowest BCUT2D eigenvalue weighted by Crippen LogP contribution is -2.32. The van der Waals surface area contributed by atoms with Crippen molar-refractivity contribution in [3.63, 3.8) is 0 Å². The molecule has 0 atom stereocenters. The van der Waals surface area contributed by atoms with E-state index in [1.165, 1.54) is 18.4 Å². The Hall–Kier alpha value is -4.58. The Bertz CT molecular complexity index is 1400. The van der Waals surface area contributed by atoms with Gasteiger partial charge in [-0.3, -0.25) is 9.59 Å². The Morgan fingerprint density at radius 3 is 2.00 bits per heavy atom. The van der Waals surface area contributed by atoms with Gasteiger partial charge in [0, 0.05) is 18.7 Å². The molecular formula is C35H37NO5. The molecule has 0 heterocycles. The highest BCUT2D eigenvalue weighted by molar-refractivity contribution is 5.94. The second kappa shape index (κ2) is 15.3. The Morgan fingerprint density at radius 2 is 1.32 bits per heavy atom. The number of ether oxygens (including phenoxy) is 2. The van der Waals surface area contributed by atoms with Gasteiger partial charge in [0.15, 0.2) is 0 Å². The number of rotatable bonds is 15. The summed E-state index contributed by atoms with van der Waals surface area (Å²) >= 11 is 0. The van der Waals surface area contributed by atoms with Gasteiger partial charge >= 0.3 is 5.97 Å². The topological polar surface area (TPSA) is 76.1 Å². The molecule has 4 rings (SSSR count). The van der Waals surface area contributed by atoms with Crippen LogP contribution in [0.15, 0.2) is 103 Å². The SMILES string of the molecule is CCCCc1ccc(COc2cccc(C(=O)N(CCC(=O)O)Cc3cccc(OCc4ccccc4)c3)c2)cc1. The van der Waals surface area contributed by atoms with Crippen molar-refractivity contribution in [2.24, 2.45) is 0 Å². The molecule has 0 radical (unpaired) electrons. The number of carbonyl (C=O) groups is 2. The van der Waals surface area contributed by atoms with Crippen LogP contribution in [0.4, 0.5) is 0 Å².